The topological polar surface area (TPSA) is 32.6 Å². The number of benzene rings is 1. The molecule has 3 heteroatoms. The molecule has 0 aromatic heterocycles. The molecule has 1 unspecified atom stereocenters. The van der Waals surface area contributed by atoms with Crippen LogP contribution in [0.1, 0.15) is 39.2 Å². The molecule has 0 bridgehead atoms. The van der Waals surface area contributed by atoms with Gasteiger partial charge in [0.25, 0.3) is 0 Å². The van der Waals surface area contributed by atoms with Gasteiger partial charge in [-0.2, -0.15) is 0 Å². The van der Waals surface area contributed by atoms with Gasteiger partial charge in [0.05, 0.1) is 5.04 Å². The first-order chi connectivity index (χ1) is 10.2. The van der Waals surface area contributed by atoms with E-state index in [1.54, 1.807) is 17.8 Å². The Kier molecular flexibility index (Phi) is 5.68. The maximum Gasteiger partial charge on any atom is 0.123 e. The van der Waals surface area contributed by atoms with Crippen molar-refractivity contribution in [1.82, 2.24) is 0 Å². The van der Waals surface area contributed by atoms with Crippen molar-refractivity contribution >= 4 is 22.4 Å². The third-order valence-electron chi connectivity index (χ3n) is 3.54. The molecule has 2 rings (SSSR count). The number of allylic oxidation sites excluding steroid dienone is 2. The molecule has 0 amide bonds. The second-order valence-corrected chi connectivity index (χ2v) is 6.20. The molecule has 112 valence electrons. The summed E-state index contributed by atoms with van der Waals surface area (Å²) < 4.78 is 0. The normalized spacial score (nSPS) is 20.6. The Morgan fingerprint density at radius 1 is 1.33 bits per heavy atom. The van der Waals surface area contributed by atoms with Crippen molar-refractivity contribution in [2.24, 2.45) is 4.99 Å². The average molecular weight is 301 g/mol. The van der Waals surface area contributed by atoms with Gasteiger partial charge in [0.15, 0.2) is 0 Å². The van der Waals surface area contributed by atoms with Crippen molar-refractivity contribution in [1.29, 1.82) is 0 Å². The SMILES string of the molecule is CC/C=C1/C=C(c2ccccc2O)CSC1=NC(C)CC. The molecule has 1 aliphatic rings. The lowest BCUT2D eigenvalue weighted by atomic mass is 10.0. The number of phenols is 1. The molecule has 1 aromatic carbocycles. The van der Waals surface area contributed by atoms with Crippen molar-refractivity contribution in [3.63, 3.8) is 0 Å². The summed E-state index contributed by atoms with van der Waals surface area (Å²) in [4.78, 5) is 4.81. The Morgan fingerprint density at radius 2 is 2.10 bits per heavy atom. The van der Waals surface area contributed by atoms with E-state index in [2.05, 4.69) is 32.9 Å². The van der Waals surface area contributed by atoms with Crippen molar-refractivity contribution in [2.75, 3.05) is 5.75 Å². The number of phenolic OH excluding ortho intramolecular Hbond substituents is 1. The molecule has 1 aromatic rings. The average Bonchev–Trinajstić information content (AvgIpc) is 2.49. The van der Waals surface area contributed by atoms with Crippen molar-refractivity contribution in [2.45, 2.75) is 39.7 Å². The van der Waals surface area contributed by atoms with Gasteiger partial charge >= 0.3 is 0 Å². The van der Waals surface area contributed by atoms with E-state index < -0.39 is 0 Å². The Labute approximate surface area is 131 Å². The minimum absolute atomic E-state index is 0.350. The summed E-state index contributed by atoms with van der Waals surface area (Å²) in [5, 5.41) is 11.2. The number of aromatic hydroxyl groups is 1. The molecule has 1 heterocycles. The standard InChI is InChI=1S/C18H23NOS/c1-4-8-14-11-15(16-9-6-7-10-17(16)20)12-21-18(14)19-13(3)5-2/h6-11,13,20H,4-5,12H2,1-3H3/b14-8-,19-18?. The largest absolute Gasteiger partial charge is 0.507 e. The van der Waals surface area contributed by atoms with E-state index in [0.29, 0.717) is 11.8 Å². The van der Waals surface area contributed by atoms with E-state index in [1.807, 2.05) is 18.2 Å². The second-order valence-electron chi connectivity index (χ2n) is 5.23. The number of para-hydroxylation sites is 1. The van der Waals surface area contributed by atoms with Gasteiger partial charge < -0.3 is 5.11 Å². The molecule has 0 radical (unpaired) electrons. The first kappa shape index (κ1) is 15.9. The minimum Gasteiger partial charge on any atom is -0.507 e. The fraction of sp³-hybridized carbons (Fsp3) is 0.389. The molecule has 0 spiro atoms. The van der Waals surface area contributed by atoms with E-state index in [4.69, 9.17) is 4.99 Å². The predicted octanol–water partition coefficient (Wildman–Crippen LogP) is 5.06. The van der Waals surface area contributed by atoms with Gasteiger partial charge in [-0.15, -0.1) is 11.8 Å². The van der Waals surface area contributed by atoms with Gasteiger partial charge in [0, 0.05) is 22.9 Å². The van der Waals surface area contributed by atoms with Crippen LogP contribution in [0.15, 0.2) is 47.0 Å². The zero-order chi connectivity index (χ0) is 15.2. The lowest BCUT2D eigenvalue weighted by molar-refractivity contribution is 0.473. The summed E-state index contributed by atoms with van der Waals surface area (Å²) in [5.74, 6) is 1.20. The van der Waals surface area contributed by atoms with Gasteiger partial charge in [-0.25, -0.2) is 0 Å². The van der Waals surface area contributed by atoms with E-state index in [-0.39, 0.29) is 0 Å². The minimum atomic E-state index is 0.350. The van der Waals surface area contributed by atoms with Crippen LogP contribution in [0.3, 0.4) is 0 Å². The molecule has 0 saturated heterocycles. The van der Waals surface area contributed by atoms with Crippen LogP contribution in [-0.4, -0.2) is 21.9 Å². The highest BCUT2D eigenvalue weighted by molar-refractivity contribution is 8.14. The predicted molar refractivity (Wildman–Crippen MR) is 94.1 cm³/mol. The fourth-order valence-electron chi connectivity index (χ4n) is 2.19. The molecule has 0 fully saturated rings. The van der Waals surface area contributed by atoms with Gasteiger partial charge in [-0.05, 0) is 37.5 Å². The molecule has 0 saturated carbocycles. The van der Waals surface area contributed by atoms with Crippen LogP contribution in [0.25, 0.3) is 5.57 Å². The quantitative estimate of drug-likeness (QED) is 0.843. The van der Waals surface area contributed by atoms with Gasteiger partial charge in [-0.1, -0.05) is 38.1 Å². The van der Waals surface area contributed by atoms with Crippen molar-refractivity contribution in [3.8, 4) is 5.75 Å². The van der Waals surface area contributed by atoms with Crippen LogP contribution in [0.2, 0.25) is 0 Å². The highest BCUT2D eigenvalue weighted by atomic mass is 32.2. The number of aliphatic imine (C=N–C) groups is 1. The Bertz CT molecular complexity index is 587. The monoisotopic (exact) mass is 301 g/mol. The van der Waals surface area contributed by atoms with Gasteiger partial charge in [-0.3, -0.25) is 4.99 Å². The van der Waals surface area contributed by atoms with Gasteiger partial charge in [0.1, 0.15) is 5.75 Å². The summed E-state index contributed by atoms with van der Waals surface area (Å²) in [5.41, 5.74) is 3.28. The zero-order valence-corrected chi connectivity index (χ0v) is 13.8. The van der Waals surface area contributed by atoms with Crippen LogP contribution < -0.4 is 0 Å². The fourth-order valence-corrected chi connectivity index (χ4v) is 3.29. The number of nitrogens with zero attached hydrogens (tertiary/aromatic N) is 1. The van der Waals surface area contributed by atoms with Crippen molar-refractivity contribution in [3.05, 3.63) is 47.6 Å². The van der Waals surface area contributed by atoms with E-state index >= 15 is 0 Å². The maximum absolute atomic E-state index is 10.0. The number of hydrogen-bond acceptors (Lipinski definition) is 3. The molecule has 21 heavy (non-hydrogen) atoms. The second kappa shape index (κ2) is 7.51. The highest BCUT2D eigenvalue weighted by Crippen LogP contribution is 2.34. The lowest BCUT2D eigenvalue weighted by Crippen LogP contribution is -2.09. The molecule has 1 atom stereocenters. The zero-order valence-electron chi connectivity index (χ0n) is 13.0. The van der Waals surface area contributed by atoms with Crippen LogP contribution >= 0.6 is 11.8 Å². The van der Waals surface area contributed by atoms with Crippen LogP contribution in [0, 0.1) is 0 Å². The smallest absolute Gasteiger partial charge is 0.123 e. The van der Waals surface area contributed by atoms with E-state index in [1.165, 1.54) is 11.1 Å². The highest BCUT2D eigenvalue weighted by Gasteiger charge is 2.18. The summed E-state index contributed by atoms with van der Waals surface area (Å²) in [6, 6.07) is 7.89. The van der Waals surface area contributed by atoms with Crippen LogP contribution in [0.4, 0.5) is 0 Å². The van der Waals surface area contributed by atoms with E-state index in [9.17, 15) is 5.11 Å². The molecule has 0 aliphatic carbocycles. The summed E-state index contributed by atoms with van der Waals surface area (Å²) >= 11 is 1.77. The summed E-state index contributed by atoms with van der Waals surface area (Å²) in [6.07, 6.45) is 6.43. The maximum atomic E-state index is 10.0. The third-order valence-corrected chi connectivity index (χ3v) is 4.61. The Hall–Kier alpha value is -1.48. The first-order valence-corrected chi connectivity index (χ1v) is 8.54. The van der Waals surface area contributed by atoms with E-state index in [0.717, 1.165) is 29.2 Å². The molecular weight excluding hydrogens is 278 g/mol. The molecule has 1 aliphatic heterocycles. The molecular formula is C18H23NOS. The summed E-state index contributed by atoms with van der Waals surface area (Å²) in [6.45, 7) is 6.45. The Balaban J connectivity index is 2.37. The Morgan fingerprint density at radius 3 is 2.76 bits per heavy atom. The third kappa shape index (κ3) is 4.01. The van der Waals surface area contributed by atoms with Gasteiger partial charge in [0.2, 0.25) is 0 Å². The molecule has 2 nitrogen and oxygen atoms in total. The van der Waals surface area contributed by atoms with Crippen molar-refractivity contribution < 1.29 is 5.11 Å². The summed E-state index contributed by atoms with van der Waals surface area (Å²) in [7, 11) is 0. The number of thioether (sulfide) groups is 1. The van der Waals surface area contributed by atoms with Crippen LogP contribution in [0.5, 0.6) is 5.75 Å². The molecule has 1 N–H and O–H groups in total. The number of rotatable bonds is 4. The lowest BCUT2D eigenvalue weighted by Gasteiger charge is -2.19. The number of hydrogen-bond donors (Lipinski definition) is 1. The van der Waals surface area contributed by atoms with Crippen LogP contribution in [-0.2, 0) is 0 Å². The first-order valence-electron chi connectivity index (χ1n) is 7.55.